The van der Waals surface area contributed by atoms with Gasteiger partial charge in [-0.15, -0.1) is 11.3 Å². The fourth-order valence-electron chi connectivity index (χ4n) is 3.40. The van der Waals surface area contributed by atoms with E-state index in [-0.39, 0.29) is 0 Å². The van der Waals surface area contributed by atoms with Crippen LogP contribution < -0.4 is 22.1 Å². The van der Waals surface area contributed by atoms with Crippen LogP contribution in [-0.2, 0) is 0 Å². The van der Waals surface area contributed by atoms with E-state index in [0.717, 1.165) is 37.4 Å². The Morgan fingerprint density at radius 2 is 2.00 bits per heavy atom. The fourth-order valence-corrected chi connectivity index (χ4v) is 4.27. The smallest absolute Gasteiger partial charge is 0.161 e. The molecule has 0 amide bonds. The summed E-state index contributed by atoms with van der Waals surface area (Å²) in [5.41, 5.74) is 15.9. The maximum absolute atomic E-state index is 5.61. The molecule has 0 radical (unpaired) electrons. The van der Waals surface area contributed by atoms with Gasteiger partial charge in [-0.3, -0.25) is 5.10 Å². The number of fused-ring (bicyclic) bond motifs is 2. The molecule has 0 spiro atoms. The molecular formula is C24H21N9S. The first-order chi connectivity index (χ1) is 16.6. The van der Waals surface area contributed by atoms with Gasteiger partial charge < -0.3 is 22.1 Å². The Morgan fingerprint density at radius 3 is 2.85 bits per heavy atom. The van der Waals surface area contributed by atoms with E-state index in [9.17, 15) is 0 Å². The summed E-state index contributed by atoms with van der Waals surface area (Å²) < 4.78 is 1.03. The van der Waals surface area contributed by atoms with Crippen LogP contribution in [0.5, 0.6) is 0 Å². The summed E-state index contributed by atoms with van der Waals surface area (Å²) in [6, 6.07) is 13.8. The van der Waals surface area contributed by atoms with Crippen LogP contribution in [0.4, 0.5) is 11.5 Å². The molecule has 0 unspecified atom stereocenters. The van der Waals surface area contributed by atoms with Gasteiger partial charge in [-0.25, -0.2) is 15.0 Å². The predicted molar refractivity (Wildman–Crippen MR) is 138 cm³/mol. The first-order valence-corrected chi connectivity index (χ1v) is 11.2. The average molecular weight is 468 g/mol. The first kappa shape index (κ1) is 21.2. The van der Waals surface area contributed by atoms with Crippen molar-refractivity contribution in [3.8, 4) is 11.4 Å². The quantitative estimate of drug-likeness (QED) is 0.224. The van der Waals surface area contributed by atoms with Crippen LogP contribution in [0.2, 0.25) is 0 Å². The van der Waals surface area contributed by atoms with Crippen LogP contribution in [0.25, 0.3) is 38.2 Å². The molecule has 7 N–H and O–H groups in total. The Morgan fingerprint density at radius 1 is 1.09 bits per heavy atom. The van der Waals surface area contributed by atoms with E-state index in [4.69, 9.17) is 16.5 Å². The molecule has 5 aromatic rings. The number of hydrogen-bond donors (Lipinski definition) is 5. The molecule has 9 nitrogen and oxygen atoms in total. The second-order valence-corrected chi connectivity index (χ2v) is 8.38. The molecule has 0 atom stereocenters. The van der Waals surface area contributed by atoms with Crippen LogP contribution in [0.3, 0.4) is 0 Å². The predicted octanol–water partition coefficient (Wildman–Crippen LogP) is 4.21. The number of allylic oxidation sites excluding steroid dienone is 1. The molecule has 2 aromatic carbocycles. The van der Waals surface area contributed by atoms with E-state index in [1.165, 1.54) is 23.7 Å². The highest BCUT2D eigenvalue weighted by molar-refractivity contribution is 7.19. The summed E-state index contributed by atoms with van der Waals surface area (Å²) in [6.07, 6.45) is 8.00. The summed E-state index contributed by atoms with van der Waals surface area (Å²) in [4.78, 5) is 13.8. The number of nitrogens with zero attached hydrogens (tertiary/aromatic N) is 4. The molecule has 5 rings (SSSR count). The minimum absolute atomic E-state index is 0.601. The summed E-state index contributed by atoms with van der Waals surface area (Å²) >= 11 is 1.53. The summed E-state index contributed by atoms with van der Waals surface area (Å²) in [5, 5.41) is 15.2. The molecule has 0 bridgehead atoms. The first-order valence-electron chi connectivity index (χ1n) is 10.3. The van der Waals surface area contributed by atoms with Crippen molar-refractivity contribution >= 4 is 49.7 Å². The van der Waals surface area contributed by atoms with Crippen LogP contribution in [-0.4, -0.2) is 25.1 Å². The number of anilines is 2. The van der Waals surface area contributed by atoms with Gasteiger partial charge in [-0.2, -0.15) is 5.10 Å². The van der Waals surface area contributed by atoms with Gasteiger partial charge in [0.2, 0.25) is 0 Å². The van der Waals surface area contributed by atoms with Gasteiger partial charge >= 0.3 is 0 Å². The van der Waals surface area contributed by atoms with Crippen molar-refractivity contribution in [1.29, 1.82) is 0 Å². The van der Waals surface area contributed by atoms with E-state index in [2.05, 4.69) is 37.4 Å². The van der Waals surface area contributed by atoms with Crippen molar-refractivity contribution in [3.63, 3.8) is 0 Å². The average Bonchev–Trinajstić information content (AvgIpc) is 3.50. The molecule has 0 fully saturated rings. The number of hydrogen-bond acceptors (Lipinski definition) is 9. The fraction of sp³-hybridized carbons (Fsp3) is 0. The second-order valence-electron chi connectivity index (χ2n) is 7.35. The Labute approximate surface area is 199 Å². The molecule has 0 aliphatic carbocycles. The van der Waals surface area contributed by atoms with E-state index in [0.29, 0.717) is 23.0 Å². The molecule has 3 heterocycles. The third-order valence-electron chi connectivity index (χ3n) is 5.02. The third kappa shape index (κ3) is 4.30. The highest BCUT2D eigenvalue weighted by atomic mass is 32.1. The van der Waals surface area contributed by atoms with Crippen LogP contribution in [0.1, 0.15) is 5.01 Å². The second kappa shape index (κ2) is 9.04. The van der Waals surface area contributed by atoms with E-state index in [1.807, 2.05) is 42.5 Å². The molecule has 0 aliphatic heterocycles. The molecule has 0 saturated heterocycles. The summed E-state index contributed by atoms with van der Waals surface area (Å²) in [5.74, 6) is 1.29. The zero-order chi connectivity index (χ0) is 23.5. The SMILES string of the molecule is C=C(NC(/C=C\N)=C/N)c1nc2cc(-c3nccc(Nc4ccc5[nH]ncc5c4)n3)ccc2s1. The van der Waals surface area contributed by atoms with E-state index >= 15 is 0 Å². The standard InChI is InChI=1S/C24H21N9S/c1-14(29-18(12-26)6-8-25)24-31-20-11-15(2-5-21(20)34-24)23-27-9-7-22(32-23)30-17-3-4-19-16(10-17)13-28-33-19/h2-13,29H,1,25-26H2,(H,28,33)(H,27,30,32)/b8-6-,18-12+. The van der Waals surface area contributed by atoms with Gasteiger partial charge in [-0.1, -0.05) is 6.58 Å². The zero-order valence-electron chi connectivity index (χ0n) is 18.0. The minimum atomic E-state index is 0.601. The molecule has 3 aromatic heterocycles. The van der Waals surface area contributed by atoms with Gasteiger partial charge in [0.05, 0.1) is 33.3 Å². The van der Waals surface area contributed by atoms with Crippen molar-refractivity contribution in [2.24, 2.45) is 11.5 Å². The Hall–Kier alpha value is -4.70. The number of benzene rings is 2. The van der Waals surface area contributed by atoms with Gasteiger partial charge in [0.25, 0.3) is 0 Å². The van der Waals surface area contributed by atoms with E-state index in [1.54, 1.807) is 18.5 Å². The number of thiazole rings is 1. The number of aromatic nitrogens is 5. The lowest BCUT2D eigenvalue weighted by Crippen LogP contribution is -2.11. The molecule has 168 valence electrons. The van der Waals surface area contributed by atoms with Gasteiger partial charge in [0.1, 0.15) is 10.8 Å². The number of aromatic amines is 1. The highest BCUT2D eigenvalue weighted by Crippen LogP contribution is 2.29. The van der Waals surface area contributed by atoms with Crippen molar-refractivity contribution in [2.45, 2.75) is 0 Å². The lowest BCUT2D eigenvalue weighted by atomic mass is 10.2. The van der Waals surface area contributed by atoms with Crippen LogP contribution in [0, 0.1) is 0 Å². The monoisotopic (exact) mass is 467 g/mol. The molecular weight excluding hydrogens is 446 g/mol. The lowest BCUT2D eigenvalue weighted by molar-refractivity contribution is 1.11. The minimum Gasteiger partial charge on any atom is -0.405 e. The van der Waals surface area contributed by atoms with Gasteiger partial charge in [-0.05, 0) is 54.7 Å². The number of nitrogens with one attached hydrogen (secondary N) is 3. The highest BCUT2D eigenvalue weighted by Gasteiger charge is 2.11. The Balaban J connectivity index is 1.39. The van der Waals surface area contributed by atoms with Crippen molar-refractivity contribution < 1.29 is 0 Å². The third-order valence-corrected chi connectivity index (χ3v) is 6.12. The van der Waals surface area contributed by atoms with Crippen molar-refractivity contribution in [1.82, 2.24) is 30.5 Å². The Bertz CT molecular complexity index is 1560. The molecule has 34 heavy (non-hydrogen) atoms. The zero-order valence-corrected chi connectivity index (χ0v) is 18.8. The summed E-state index contributed by atoms with van der Waals surface area (Å²) in [7, 11) is 0. The topological polar surface area (TPSA) is 143 Å². The normalized spacial score (nSPS) is 11.9. The molecule has 0 aliphatic rings. The van der Waals surface area contributed by atoms with Crippen molar-refractivity contribution in [2.75, 3.05) is 5.32 Å². The van der Waals surface area contributed by atoms with Gasteiger partial charge in [0, 0.05) is 29.0 Å². The molecule has 10 heteroatoms. The molecule has 0 saturated carbocycles. The van der Waals surface area contributed by atoms with Gasteiger partial charge in [0.15, 0.2) is 5.82 Å². The van der Waals surface area contributed by atoms with Crippen molar-refractivity contribution in [3.05, 3.63) is 90.6 Å². The van der Waals surface area contributed by atoms with Crippen LogP contribution in [0.15, 0.2) is 85.6 Å². The number of nitrogens with two attached hydrogens (primary N) is 2. The number of rotatable bonds is 7. The number of H-pyrrole nitrogens is 1. The Kier molecular flexibility index (Phi) is 5.63. The maximum atomic E-state index is 5.61. The lowest BCUT2D eigenvalue weighted by Gasteiger charge is -2.07. The van der Waals surface area contributed by atoms with Crippen LogP contribution >= 0.6 is 11.3 Å². The maximum Gasteiger partial charge on any atom is 0.161 e. The largest absolute Gasteiger partial charge is 0.405 e. The van der Waals surface area contributed by atoms with E-state index < -0.39 is 0 Å². The summed E-state index contributed by atoms with van der Waals surface area (Å²) in [6.45, 7) is 4.06.